The van der Waals surface area contributed by atoms with Crippen molar-refractivity contribution in [1.82, 2.24) is 0 Å². The van der Waals surface area contributed by atoms with E-state index in [2.05, 4.69) is 0 Å². The SMILES string of the molecule is NC1CCC(F)(c2ccc(F)c(F)c2)CC1. The van der Waals surface area contributed by atoms with E-state index in [9.17, 15) is 13.2 Å². The summed E-state index contributed by atoms with van der Waals surface area (Å²) in [6, 6.07) is 3.26. The van der Waals surface area contributed by atoms with Gasteiger partial charge in [-0.05, 0) is 43.4 Å². The molecule has 1 aromatic rings. The Morgan fingerprint density at radius 2 is 1.75 bits per heavy atom. The monoisotopic (exact) mass is 229 g/mol. The molecule has 0 aromatic heterocycles. The standard InChI is InChI=1S/C12H14F3N/c13-10-2-1-8(7-11(10)14)12(15)5-3-9(16)4-6-12/h1-2,7,9H,3-6,16H2. The van der Waals surface area contributed by atoms with Crippen LogP contribution in [0.1, 0.15) is 31.2 Å². The zero-order chi connectivity index (χ0) is 11.8. The summed E-state index contributed by atoms with van der Waals surface area (Å²) >= 11 is 0. The quantitative estimate of drug-likeness (QED) is 0.787. The molecular formula is C12H14F3N. The lowest BCUT2D eigenvalue weighted by atomic mass is 9.79. The lowest BCUT2D eigenvalue weighted by Gasteiger charge is -2.32. The molecule has 0 bridgehead atoms. The molecule has 2 N–H and O–H groups in total. The molecule has 1 fully saturated rings. The van der Waals surface area contributed by atoms with Crippen molar-refractivity contribution in [1.29, 1.82) is 0 Å². The van der Waals surface area contributed by atoms with E-state index >= 15 is 0 Å². The van der Waals surface area contributed by atoms with Crippen LogP contribution < -0.4 is 5.73 Å². The lowest BCUT2D eigenvalue weighted by molar-refractivity contribution is 0.0974. The number of benzene rings is 1. The third-order valence-electron chi connectivity index (χ3n) is 3.26. The molecule has 0 amide bonds. The predicted octanol–water partition coefficient (Wildman–Crippen LogP) is 3.03. The highest BCUT2D eigenvalue weighted by Crippen LogP contribution is 2.40. The number of rotatable bonds is 1. The topological polar surface area (TPSA) is 26.0 Å². The minimum Gasteiger partial charge on any atom is -0.328 e. The maximum atomic E-state index is 14.4. The molecule has 4 heteroatoms. The van der Waals surface area contributed by atoms with E-state index in [0.29, 0.717) is 12.8 Å². The highest BCUT2D eigenvalue weighted by molar-refractivity contribution is 5.25. The molecule has 0 unspecified atom stereocenters. The fourth-order valence-corrected chi connectivity index (χ4v) is 2.16. The second kappa shape index (κ2) is 4.09. The number of alkyl halides is 1. The van der Waals surface area contributed by atoms with Crippen molar-refractivity contribution in [2.45, 2.75) is 37.4 Å². The summed E-state index contributed by atoms with van der Waals surface area (Å²) in [6.45, 7) is 0. The average molecular weight is 229 g/mol. The van der Waals surface area contributed by atoms with E-state index in [1.807, 2.05) is 0 Å². The first-order chi connectivity index (χ1) is 7.51. The summed E-state index contributed by atoms with van der Waals surface area (Å²) in [5.41, 5.74) is 4.36. The normalized spacial score (nSPS) is 30.4. The first-order valence-electron chi connectivity index (χ1n) is 5.41. The van der Waals surface area contributed by atoms with E-state index in [1.54, 1.807) is 0 Å². The Morgan fingerprint density at radius 3 is 2.31 bits per heavy atom. The number of halogens is 3. The van der Waals surface area contributed by atoms with E-state index in [-0.39, 0.29) is 24.4 Å². The van der Waals surface area contributed by atoms with Crippen LogP contribution in [0, 0.1) is 11.6 Å². The maximum Gasteiger partial charge on any atom is 0.159 e. The number of hydrogen-bond acceptors (Lipinski definition) is 1. The lowest BCUT2D eigenvalue weighted by Crippen LogP contribution is -2.34. The van der Waals surface area contributed by atoms with Crippen LogP contribution in [0.5, 0.6) is 0 Å². The minimum atomic E-state index is -1.55. The zero-order valence-electron chi connectivity index (χ0n) is 8.85. The van der Waals surface area contributed by atoms with Crippen molar-refractivity contribution in [3.05, 3.63) is 35.4 Å². The van der Waals surface area contributed by atoms with Crippen LogP contribution in [-0.4, -0.2) is 6.04 Å². The molecule has 0 radical (unpaired) electrons. The summed E-state index contributed by atoms with van der Waals surface area (Å²) in [5.74, 6) is -1.94. The van der Waals surface area contributed by atoms with Crippen LogP contribution in [0.2, 0.25) is 0 Å². The van der Waals surface area contributed by atoms with Gasteiger partial charge in [-0.15, -0.1) is 0 Å². The molecule has 1 aliphatic rings. The Morgan fingerprint density at radius 1 is 1.12 bits per heavy atom. The first kappa shape index (κ1) is 11.5. The molecule has 0 heterocycles. The van der Waals surface area contributed by atoms with Gasteiger partial charge in [0, 0.05) is 6.04 Å². The van der Waals surface area contributed by atoms with Crippen molar-refractivity contribution in [3.8, 4) is 0 Å². The van der Waals surface area contributed by atoms with E-state index in [0.717, 1.165) is 12.1 Å². The molecule has 2 rings (SSSR count). The van der Waals surface area contributed by atoms with Crippen molar-refractivity contribution < 1.29 is 13.2 Å². The molecule has 0 saturated heterocycles. The van der Waals surface area contributed by atoms with Crippen LogP contribution >= 0.6 is 0 Å². The van der Waals surface area contributed by atoms with Crippen molar-refractivity contribution in [2.75, 3.05) is 0 Å². The van der Waals surface area contributed by atoms with E-state index < -0.39 is 17.3 Å². The van der Waals surface area contributed by atoms with Gasteiger partial charge in [-0.1, -0.05) is 6.07 Å². The molecule has 0 spiro atoms. The molecule has 1 aromatic carbocycles. The molecule has 1 aliphatic carbocycles. The van der Waals surface area contributed by atoms with Gasteiger partial charge in [0.15, 0.2) is 11.6 Å². The van der Waals surface area contributed by atoms with Gasteiger partial charge in [0.05, 0.1) is 0 Å². The molecule has 0 aliphatic heterocycles. The van der Waals surface area contributed by atoms with Crippen molar-refractivity contribution in [2.24, 2.45) is 5.73 Å². The molecule has 16 heavy (non-hydrogen) atoms. The average Bonchev–Trinajstić information content (AvgIpc) is 2.26. The fourth-order valence-electron chi connectivity index (χ4n) is 2.16. The Bertz CT molecular complexity index is 384. The van der Waals surface area contributed by atoms with Crippen molar-refractivity contribution >= 4 is 0 Å². The highest BCUT2D eigenvalue weighted by Gasteiger charge is 2.36. The third kappa shape index (κ3) is 2.07. The van der Waals surface area contributed by atoms with Crippen LogP contribution in [0.3, 0.4) is 0 Å². The van der Waals surface area contributed by atoms with Crippen LogP contribution in [-0.2, 0) is 5.67 Å². The van der Waals surface area contributed by atoms with Gasteiger partial charge in [-0.3, -0.25) is 0 Å². The predicted molar refractivity (Wildman–Crippen MR) is 55.6 cm³/mol. The smallest absolute Gasteiger partial charge is 0.159 e. The molecule has 1 saturated carbocycles. The second-order valence-electron chi connectivity index (χ2n) is 4.43. The maximum absolute atomic E-state index is 14.4. The van der Waals surface area contributed by atoms with Gasteiger partial charge in [0.2, 0.25) is 0 Å². The van der Waals surface area contributed by atoms with Gasteiger partial charge in [0.25, 0.3) is 0 Å². The van der Waals surface area contributed by atoms with Crippen LogP contribution in [0.25, 0.3) is 0 Å². The summed E-state index contributed by atoms with van der Waals surface area (Å²) in [4.78, 5) is 0. The molecule has 88 valence electrons. The Balaban J connectivity index is 2.25. The second-order valence-corrected chi connectivity index (χ2v) is 4.43. The minimum absolute atomic E-state index is 0.0224. The third-order valence-corrected chi connectivity index (χ3v) is 3.26. The van der Waals surface area contributed by atoms with Crippen LogP contribution in [0.4, 0.5) is 13.2 Å². The van der Waals surface area contributed by atoms with Gasteiger partial charge >= 0.3 is 0 Å². The first-order valence-corrected chi connectivity index (χ1v) is 5.41. The number of nitrogens with two attached hydrogens (primary N) is 1. The molecule has 1 nitrogen and oxygen atoms in total. The molecular weight excluding hydrogens is 215 g/mol. The van der Waals surface area contributed by atoms with Crippen molar-refractivity contribution in [3.63, 3.8) is 0 Å². The Hall–Kier alpha value is -1.03. The van der Waals surface area contributed by atoms with Gasteiger partial charge in [0.1, 0.15) is 5.67 Å². The summed E-state index contributed by atoms with van der Waals surface area (Å²) in [7, 11) is 0. The van der Waals surface area contributed by atoms with E-state index in [1.165, 1.54) is 6.07 Å². The van der Waals surface area contributed by atoms with Gasteiger partial charge in [-0.25, -0.2) is 13.2 Å². The highest BCUT2D eigenvalue weighted by atomic mass is 19.2. The Kier molecular flexibility index (Phi) is 2.93. The van der Waals surface area contributed by atoms with E-state index in [4.69, 9.17) is 5.73 Å². The fraction of sp³-hybridized carbons (Fsp3) is 0.500. The van der Waals surface area contributed by atoms with Gasteiger partial charge in [-0.2, -0.15) is 0 Å². The summed E-state index contributed by atoms with van der Waals surface area (Å²) < 4.78 is 40.2. The summed E-state index contributed by atoms with van der Waals surface area (Å²) in [6.07, 6.45) is 1.71. The largest absolute Gasteiger partial charge is 0.328 e. The Labute approximate surface area is 92.5 Å². The number of hydrogen-bond donors (Lipinski definition) is 1. The van der Waals surface area contributed by atoms with Gasteiger partial charge < -0.3 is 5.73 Å². The zero-order valence-corrected chi connectivity index (χ0v) is 8.85. The molecule has 0 atom stereocenters. The summed E-state index contributed by atoms with van der Waals surface area (Å²) in [5, 5.41) is 0. The van der Waals surface area contributed by atoms with Crippen LogP contribution in [0.15, 0.2) is 18.2 Å².